The number of halogens is 1. The van der Waals surface area contributed by atoms with Crippen molar-refractivity contribution >= 4 is 33.8 Å². The lowest BCUT2D eigenvalue weighted by atomic mass is 9.87. The van der Waals surface area contributed by atoms with Gasteiger partial charge in [-0.05, 0) is 46.9 Å². The van der Waals surface area contributed by atoms with Crippen LogP contribution in [0.2, 0.25) is 0 Å². The van der Waals surface area contributed by atoms with Crippen molar-refractivity contribution in [2.75, 3.05) is 26.3 Å². The number of carbonyl (C=O) groups is 2. The Morgan fingerprint density at radius 3 is 2.17 bits per heavy atom. The van der Waals surface area contributed by atoms with Crippen LogP contribution in [0.15, 0.2) is 58.7 Å². The molecular weight excluding hydrogens is 444 g/mol. The largest absolute Gasteiger partial charge is 0.378 e. The Balaban J connectivity index is 1.85. The normalized spacial score (nSPS) is 15.1. The summed E-state index contributed by atoms with van der Waals surface area (Å²) in [5.74, 6) is -0.513. The molecule has 2 aromatic carbocycles. The Hall–Kier alpha value is -2.44. The molecule has 30 heavy (non-hydrogen) atoms. The molecule has 0 radical (unpaired) electrons. The second-order valence-electron chi connectivity index (χ2n) is 8.30. The van der Waals surface area contributed by atoms with Gasteiger partial charge in [0.25, 0.3) is 11.8 Å². The van der Waals surface area contributed by atoms with Crippen LogP contribution in [0, 0.1) is 0 Å². The second kappa shape index (κ2) is 9.58. The fourth-order valence-corrected chi connectivity index (χ4v) is 3.39. The minimum absolute atomic E-state index is 0.00789. The minimum Gasteiger partial charge on any atom is -0.378 e. The van der Waals surface area contributed by atoms with Gasteiger partial charge in [-0.25, -0.2) is 0 Å². The third-order valence-corrected chi connectivity index (χ3v) is 5.50. The first-order chi connectivity index (χ1) is 14.2. The summed E-state index contributed by atoms with van der Waals surface area (Å²) < 4.78 is 6.29. The minimum atomic E-state index is -0.305. The number of hydrogen-bond donors (Lipinski definition) is 1. The third-order valence-electron chi connectivity index (χ3n) is 4.97. The molecule has 1 aliphatic heterocycles. The number of nitrogens with one attached hydrogen (secondary N) is 1. The molecule has 2 amide bonds. The highest BCUT2D eigenvalue weighted by Gasteiger charge is 2.23. The summed E-state index contributed by atoms with van der Waals surface area (Å²) in [7, 11) is 0. The third kappa shape index (κ3) is 5.80. The van der Waals surface area contributed by atoms with Gasteiger partial charge in [-0.3, -0.25) is 9.59 Å². The van der Waals surface area contributed by atoms with E-state index >= 15 is 0 Å². The van der Waals surface area contributed by atoms with E-state index in [0.717, 1.165) is 15.6 Å². The molecule has 1 fully saturated rings. The van der Waals surface area contributed by atoms with Crippen molar-refractivity contribution in [2.45, 2.75) is 26.2 Å². The van der Waals surface area contributed by atoms with Crippen molar-refractivity contribution in [3.8, 4) is 0 Å². The van der Waals surface area contributed by atoms with E-state index in [-0.39, 0.29) is 22.9 Å². The smallest absolute Gasteiger partial charge is 0.270 e. The fourth-order valence-electron chi connectivity index (χ4n) is 3.13. The van der Waals surface area contributed by atoms with Gasteiger partial charge in [0.15, 0.2) is 0 Å². The van der Waals surface area contributed by atoms with Gasteiger partial charge < -0.3 is 15.0 Å². The summed E-state index contributed by atoms with van der Waals surface area (Å²) in [6.07, 6.45) is 1.71. The molecule has 0 aliphatic carbocycles. The summed E-state index contributed by atoms with van der Waals surface area (Å²) in [4.78, 5) is 27.7. The number of carbonyl (C=O) groups excluding carboxylic acids is 2. The Labute approximate surface area is 186 Å². The first-order valence-corrected chi connectivity index (χ1v) is 10.8. The molecule has 1 heterocycles. The fraction of sp³-hybridized carbons (Fsp3) is 0.333. The highest BCUT2D eigenvalue weighted by atomic mass is 79.9. The number of benzene rings is 2. The molecule has 0 unspecified atom stereocenters. The zero-order valence-electron chi connectivity index (χ0n) is 17.6. The lowest BCUT2D eigenvalue weighted by Gasteiger charge is -2.28. The summed E-state index contributed by atoms with van der Waals surface area (Å²) in [6, 6.07) is 15.1. The number of hydrogen-bond acceptors (Lipinski definition) is 3. The van der Waals surface area contributed by atoms with Crippen LogP contribution < -0.4 is 5.32 Å². The van der Waals surface area contributed by atoms with Gasteiger partial charge in [0.05, 0.1) is 13.2 Å². The summed E-state index contributed by atoms with van der Waals surface area (Å²) in [6.45, 7) is 8.39. The van der Waals surface area contributed by atoms with Crippen molar-refractivity contribution in [2.24, 2.45) is 0 Å². The molecule has 0 atom stereocenters. The number of amides is 2. The molecular formula is C24H27BrN2O3. The molecule has 1 N–H and O–H groups in total. The van der Waals surface area contributed by atoms with Gasteiger partial charge in [0, 0.05) is 23.1 Å². The van der Waals surface area contributed by atoms with E-state index in [1.807, 2.05) is 36.4 Å². The lowest BCUT2D eigenvalue weighted by Crippen LogP contribution is -2.44. The molecule has 0 saturated carbocycles. The molecule has 6 heteroatoms. The van der Waals surface area contributed by atoms with Crippen LogP contribution >= 0.6 is 15.9 Å². The average Bonchev–Trinajstić information content (AvgIpc) is 2.74. The lowest BCUT2D eigenvalue weighted by molar-refractivity contribution is -0.131. The summed E-state index contributed by atoms with van der Waals surface area (Å²) in [5.41, 5.74) is 2.75. The van der Waals surface area contributed by atoms with Gasteiger partial charge in [-0.1, -0.05) is 61.0 Å². The molecule has 0 aromatic heterocycles. The number of morpholine rings is 1. The van der Waals surface area contributed by atoms with Crippen LogP contribution in [-0.2, 0) is 14.9 Å². The molecule has 158 valence electrons. The Morgan fingerprint density at radius 1 is 1.00 bits per heavy atom. The molecule has 0 bridgehead atoms. The molecule has 1 aliphatic rings. The van der Waals surface area contributed by atoms with Crippen molar-refractivity contribution in [3.05, 3.63) is 75.4 Å². The van der Waals surface area contributed by atoms with E-state index in [4.69, 9.17) is 4.74 Å². The standard InChI is InChI=1S/C24H27BrN2O3/c1-24(2,3)19-8-6-18(7-9-19)22(28)26-21(16-17-4-10-20(25)11-5-17)23(29)27-12-14-30-15-13-27/h4-11,16H,12-15H2,1-3H3,(H,26,28)/b21-16+. The Morgan fingerprint density at radius 2 is 1.60 bits per heavy atom. The van der Waals surface area contributed by atoms with Gasteiger partial charge in [0.1, 0.15) is 5.70 Å². The zero-order chi connectivity index (χ0) is 21.7. The highest BCUT2D eigenvalue weighted by Crippen LogP contribution is 2.22. The van der Waals surface area contributed by atoms with Crippen molar-refractivity contribution in [3.63, 3.8) is 0 Å². The zero-order valence-corrected chi connectivity index (χ0v) is 19.2. The summed E-state index contributed by atoms with van der Waals surface area (Å²) in [5, 5.41) is 2.83. The van der Waals surface area contributed by atoms with Gasteiger partial charge in [-0.15, -0.1) is 0 Å². The predicted octanol–water partition coefficient (Wildman–Crippen LogP) is 4.38. The van der Waals surface area contributed by atoms with Crippen LogP contribution in [0.3, 0.4) is 0 Å². The predicted molar refractivity (Wildman–Crippen MR) is 122 cm³/mol. The van der Waals surface area contributed by atoms with Gasteiger partial charge in [-0.2, -0.15) is 0 Å². The maximum Gasteiger partial charge on any atom is 0.270 e. The van der Waals surface area contributed by atoms with E-state index in [2.05, 4.69) is 42.0 Å². The highest BCUT2D eigenvalue weighted by molar-refractivity contribution is 9.10. The Bertz CT molecular complexity index is 922. The average molecular weight is 471 g/mol. The first-order valence-electron chi connectivity index (χ1n) is 10.0. The van der Waals surface area contributed by atoms with E-state index in [0.29, 0.717) is 31.9 Å². The maximum atomic E-state index is 13.1. The number of ether oxygens (including phenoxy) is 1. The molecule has 0 spiro atoms. The van der Waals surface area contributed by atoms with Crippen molar-refractivity contribution in [1.82, 2.24) is 10.2 Å². The molecule has 2 aromatic rings. The monoisotopic (exact) mass is 470 g/mol. The van der Waals surface area contributed by atoms with Gasteiger partial charge in [0.2, 0.25) is 0 Å². The molecule has 5 nitrogen and oxygen atoms in total. The SMILES string of the molecule is CC(C)(C)c1ccc(C(=O)N/C(=C/c2ccc(Br)cc2)C(=O)N2CCOCC2)cc1. The van der Waals surface area contributed by atoms with Crippen LogP contribution in [0.25, 0.3) is 6.08 Å². The van der Waals surface area contributed by atoms with E-state index in [1.165, 1.54) is 0 Å². The maximum absolute atomic E-state index is 13.1. The number of nitrogens with zero attached hydrogens (tertiary/aromatic N) is 1. The number of rotatable bonds is 4. The molecule has 3 rings (SSSR count). The topological polar surface area (TPSA) is 58.6 Å². The first kappa shape index (κ1) is 22.2. The van der Waals surface area contributed by atoms with E-state index in [1.54, 1.807) is 23.1 Å². The second-order valence-corrected chi connectivity index (χ2v) is 9.21. The Kier molecular flexibility index (Phi) is 7.10. The van der Waals surface area contributed by atoms with Crippen LogP contribution in [0.1, 0.15) is 42.3 Å². The quantitative estimate of drug-likeness (QED) is 0.674. The summed E-state index contributed by atoms with van der Waals surface area (Å²) >= 11 is 3.41. The van der Waals surface area contributed by atoms with Gasteiger partial charge >= 0.3 is 0 Å². The van der Waals surface area contributed by atoms with Crippen LogP contribution in [-0.4, -0.2) is 43.0 Å². The van der Waals surface area contributed by atoms with Crippen LogP contribution in [0.5, 0.6) is 0 Å². The molecule has 1 saturated heterocycles. The van der Waals surface area contributed by atoms with Crippen LogP contribution in [0.4, 0.5) is 0 Å². The van der Waals surface area contributed by atoms with E-state index < -0.39 is 0 Å². The van der Waals surface area contributed by atoms with E-state index in [9.17, 15) is 9.59 Å². The van der Waals surface area contributed by atoms with Crippen molar-refractivity contribution < 1.29 is 14.3 Å². The van der Waals surface area contributed by atoms with Crippen molar-refractivity contribution in [1.29, 1.82) is 0 Å².